The summed E-state index contributed by atoms with van der Waals surface area (Å²) in [4.78, 5) is 36.7. The number of unbranched alkanes of at least 4 members (excludes halogenated alkanes) is 1. The minimum atomic E-state index is -0.380. The van der Waals surface area contributed by atoms with Crippen LogP contribution in [0.25, 0.3) is 0 Å². The minimum Gasteiger partial charge on any atom is -0.465 e. The van der Waals surface area contributed by atoms with E-state index in [0.717, 1.165) is 50.9 Å². The Balaban J connectivity index is 1.53. The molecule has 28 heavy (non-hydrogen) atoms. The molecule has 0 atom stereocenters. The second-order valence-electron chi connectivity index (χ2n) is 7.02. The minimum absolute atomic E-state index is 0.0262. The first-order valence-electron chi connectivity index (χ1n) is 9.70. The fourth-order valence-corrected chi connectivity index (χ4v) is 3.22. The summed E-state index contributed by atoms with van der Waals surface area (Å²) in [6.45, 7) is 3.81. The fraction of sp³-hybridized carbons (Fsp3) is 0.550. The van der Waals surface area contributed by atoms with Crippen LogP contribution in [0.5, 0.6) is 0 Å². The number of ether oxygens (including phenoxy) is 1. The number of carbonyl (C=O) groups excluding carboxylic acids is 3. The molecule has 2 rings (SSSR count). The smallest absolute Gasteiger partial charge is 0.337 e. The number of hydrogen-bond acceptors (Lipinski definition) is 5. The van der Waals surface area contributed by atoms with E-state index in [1.807, 2.05) is 0 Å². The third kappa shape index (κ3) is 7.19. The molecule has 1 aromatic rings. The Hall–Kier alpha value is -2.61. The number of rotatable bonds is 9. The zero-order chi connectivity index (χ0) is 20.4. The Morgan fingerprint density at radius 2 is 1.79 bits per heavy atom. The van der Waals surface area contributed by atoms with Crippen LogP contribution >= 0.6 is 0 Å². The van der Waals surface area contributed by atoms with Gasteiger partial charge in [-0.25, -0.2) is 9.59 Å². The van der Waals surface area contributed by atoms with Crippen LogP contribution in [-0.2, 0) is 16.1 Å². The van der Waals surface area contributed by atoms with E-state index in [1.54, 1.807) is 24.3 Å². The maximum absolute atomic E-state index is 11.9. The molecule has 154 valence electrons. The normalized spacial score (nSPS) is 15.0. The van der Waals surface area contributed by atoms with E-state index in [0.29, 0.717) is 18.7 Å². The fourth-order valence-electron chi connectivity index (χ4n) is 3.22. The lowest BCUT2D eigenvalue weighted by Crippen LogP contribution is -2.39. The topological polar surface area (TPSA) is 114 Å². The Bertz CT molecular complexity index is 655. The quantitative estimate of drug-likeness (QED) is 0.434. The first-order chi connectivity index (χ1) is 13.5. The van der Waals surface area contributed by atoms with Crippen molar-refractivity contribution in [3.05, 3.63) is 35.4 Å². The molecular formula is C20H30N4O4. The number of likely N-dealkylation sites (tertiary alicyclic amines) is 1. The summed E-state index contributed by atoms with van der Waals surface area (Å²) in [5, 5.41) is 5.64. The molecule has 1 aliphatic rings. The van der Waals surface area contributed by atoms with Crippen molar-refractivity contribution in [3.8, 4) is 0 Å². The third-order valence-electron chi connectivity index (χ3n) is 5.00. The van der Waals surface area contributed by atoms with E-state index in [9.17, 15) is 14.4 Å². The van der Waals surface area contributed by atoms with Crippen molar-refractivity contribution in [2.75, 3.05) is 33.3 Å². The van der Waals surface area contributed by atoms with Crippen molar-refractivity contribution in [2.45, 2.75) is 32.2 Å². The first-order valence-corrected chi connectivity index (χ1v) is 9.70. The predicted octanol–water partition coefficient (Wildman–Crippen LogP) is 1.25. The van der Waals surface area contributed by atoms with Gasteiger partial charge in [0, 0.05) is 19.0 Å². The zero-order valence-corrected chi connectivity index (χ0v) is 16.4. The van der Waals surface area contributed by atoms with Crippen molar-refractivity contribution in [3.63, 3.8) is 0 Å². The molecule has 0 radical (unpaired) electrons. The number of nitrogens with zero attached hydrogens (tertiary/aromatic N) is 1. The maximum atomic E-state index is 11.9. The van der Waals surface area contributed by atoms with E-state index < -0.39 is 0 Å². The summed E-state index contributed by atoms with van der Waals surface area (Å²) in [6.07, 6.45) is 3.58. The number of primary amides is 1. The van der Waals surface area contributed by atoms with Crippen LogP contribution in [0.15, 0.2) is 24.3 Å². The predicted molar refractivity (Wildman–Crippen MR) is 106 cm³/mol. The molecule has 1 saturated heterocycles. The van der Waals surface area contributed by atoms with Gasteiger partial charge in [0.2, 0.25) is 5.91 Å². The van der Waals surface area contributed by atoms with Crippen LogP contribution in [0.3, 0.4) is 0 Å². The summed E-state index contributed by atoms with van der Waals surface area (Å²) in [7, 11) is 1.34. The van der Waals surface area contributed by atoms with E-state index in [2.05, 4.69) is 20.3 Å². The average Bonchev–Trinajstić information content (AvgIpc) is 2.72. The monoisotopic (exact) mass is 390 g/mol. The molecule has 0 unspecified atom stereocenters. The highest BCUT2D eigenvalue weighted by molar-refractivity contribution is 5.89. The summed E-state index contributed by atoms with van der Waals surface area (Å²) in [5.74, 6) is -0.540. The van der Waals surface area contributed by atoms with E-state index in [-0.39, 0.29) is 23.8 Å². The largest absolute Gasteiger partial charge is 0.465 e. The summed E-state index contributed by atoms with van der Waals surface area (Å²) >= 11 is 0. The van der Waals surface area contributed by atoms with Gasteiger partial charge in [0.15, 0.2) is 0 Å². The lowest BCUT2D eigenvalue weighted by atomic mass is 9.96. The summed E-state index contributed by atoms with van der Waals surface area (Å²) < 4.78 is 4.65. The van der Waals surface area contributed by atoms with Crippen LogP contribution < -0.4 is 16.4 Å². The highest BCUT2D eigenvalue weighted by atomic mass is 16.5. The van der Waals surface area contributed by atoms with Gasteiger partial charge in [-0.2, -0.15) is 0 Å². The molecule has 0 aliphatic carbocycles. The molecule has 8 nitrogen and oxygen atoms in total. The number of amides is 3. The van der Waals surface area contributed by atoms with Gasteiger partial charge in [-0.15, -0.1) is 0 Å². The van der Waals surface area contributed by atoms with Crippen LogP contribution in [0.2, 0.25) is 0 Å². The number of benzene rings is 1. The number of urea groups is 1. The van der Waals surface area contributed by atoms with Gasteiger partial charge < -0.3 is 26.0 Å². The van der Waals surface area contributed by atoms with E-state index in [1.165, 1.54) is 7.11 Å². The Kier molecular flexibility index (Phi) is 8.74. The Labute approximate surface area is 165 Å². The number of hydrogen-bond donors (Lipinski definition) is 3. The standard InChI is InChI=1S/C20H30N4O4/c1-28-19(26)17-6-4-15(5-7-17)14-23-20(27)22-10-2-3-11-24-12-8-16(9-13-24)18(21)25/h4-7,16H,2-3,8-14H2,1H3,(H2,21,25)(H2,22,23,27). The maximum Gasteiger partial charge on any atom is 0.337 e. The van der Waals surface area contributed by atoms with E-state index >= 15 is 0 Å². The molecule has 0 aromatic heterocycles. The van der Waals surface area contributed by atoms with Gasteiger partial charge in [-0.05, 0) is 63.0 Å². The lowest BCUT2D eigenvalue weighted by Gasteiger charge is -2.30. The molecule has 1 heterocycles. The molecule has 0 saturated carbocycles. The van der Waals surface area contributed by atoms with Gasteiger partial charge in [0.05, 0.1) is 12.7 Å². The van der Waals surface area contributed by atoms with Crippen molar-refractivity contribution in [1.82, 2.24) is 15.5 Å². The number of esters is 1. The van der Waals surface area contributed by atoms with Crippen molar-refractivity contribution < 1.29 is 19.1 Å². The van der Waals surface area contributed by atoms with Crippen LogP contribution in [-0.4, -0.2) is 56.1 Å². The number of nitrogens with one attached hydrogen (secondary N) is 2. The van der Waals surface area contributed by atoms with Crippen LogP contribution in [0.1, 0.15) is 41.6 Å². The third-order valence-corrected chi connectivity index (χ3v) is 5.00. The van der Waals surface area contributed by atoms with Gasteiger partial charge >= 0.3 is 12.0 Å². The molecule has 1 aliphatic heterocycles. The lowest BCUT2D eigenvalue weighted by molar-refractivity contribution is -0.123. The summed E-state index contributed by atoms with van der Waals surface area (Å²) in [5.41, 5.74) is 6.73. The van der Waals surface area contributed by atoms with Crippen molar-refractivity contribution in [1.29, 1.82) is 0 Å². The molecule has 0 spiro atoms. The van der Waals surface area contributed by atoms with Crippen LogP contribution in [0.4, 0.5) is 4.79 Å². The molecule has 1 fully saturated rings. The second-order valence-corrected chi connectivity index (χ2v) is 7.02. The number of nitrogens with two attached hydrogens (primary N) is 1. The SMILES string of the molecule is COC(=O)c1ccc(CNC(=O)NCCCCN2CCC(C(N)=O)CC2)cc1. The second kappa shape index (κ2) is 11.3. The summed E-state index contributed by atoms with van der Waals surface area (Å²) in [6, 6.07) is 6.71. The van der Waals surface area contributed by atoms with Gasteiger partial charge in [0.25, 0.3) is 0 Å². The first kappa shape index (κ1) is 21.7. The molecule has 3 amide bonds. The number of piperidine rings is 1. The highest BCUT2D eigenvalue weighted by Crippen LogP contribution is 2.16. The molecule has 4 N–H and O–H groups in total. The Morgan fingerprint density at radius 1 is 1.11 bits per heavy atom. The number of methoxy groups -OCH3 is 1. The van der Waals surface area contributed by atoms with Gasteiger partial charge in [-0.3, -0.25) is 4.79 Å². The molecule has 0 bridgehead atoms. The number of carbonyl (C=O) groups is 3. The van der Waals surface area contributed by atoms with Gasteiger partial charge in [-0.1, -0.05) is 12.1 Å². The molecule has 8 heteroatoms. The van der Waals surface area contributed by atoms with Crippen LogP contribution in [0, 0.1) is 5.92 Å². The highest BCUT2D eigenvalue weighted by Gasteiger charge is 2.22. The molecular weight excluding hydrogens is 360 g/mol. The van der Waals surface area contributed by atoms with Crippen molar-refractivity contribution in [2.24, 2.45) is 11.7 Å². The van der Waals surface area contributed by atoms with Gasteiger partial charge in [0.1, 0.15) is 0 Å². The molecule has 1 aromatic carbocycles. The zero-order valence-electron chi connectivity index (χ0n) is 16.4. The average molecular weight is 390 g/mol. The van der Waals surface area contributed by atoms with Crippen molar-refractivity contribution >= 4 is 17.9 Å². The van der Waals surface area contributed by atoms with E-state index in [4.69, 9.17) is 5.73 Å². The Morgan fingerprint density at radius 3 is 2.39 bits per heavy atom.